The van der Waals surface area contributed by atoms with Crippen LogP contribution in [-0.2, 0) is 20.0 Å². The van der Waals surface area contributed by atoms with Gasteiger partial charge in [-0.1, -0.05) is 24.2 Å². The molecule has 4 rings (SSSR count). The van der Waals surface area contributed by atoms with E-state index in [1.54, 1.807) is 0 Å². The Morgan fingerprint density at radius 3 is 2.92 bits per heavy atom. The van der Waals surface area contributed by atoms with E-state index >= 15 is 0 Å². The van der Waals surface area contributed by atoms with Crippen LogP contribution in [0.15, 0.2) is 28.8 Å². The third-order valence-electron chi connectivity index (χ3n) is 4.87. The van der Waals surface area contributed by atoms with Gasteiger partial charge in [-0.25, -0.2) is 4.98 Å². The van der Waals surface area contributed by atoms with Crippen LogP contribution in [0.1, 0.15) is 43.2 Å². The predicted molar refractivity (Wildman–Crippen MR) is 91.6 cm³/mol. The van der Waals surface area contributed by atoms with Gasteiger partial charge in [-0.05, 0) is 31.5 Å². The summed E-state index contributed by atoms with van der Waals surface area (Å²) in [4.78, 5) is 11.7. The molecule has 0 unspecified atom stereocenters. The fourth-order valence-electron chi connectivity index (χ4n) is 3.64. The van der Waals surface area contributed by atoms with Gasteiger partial charge in [0.1, 0.15) is 5.82 Å². The SMILES string of the molecule is CCc1nc(CN2CCC[C@H](c3nc4ccccc4n3C)C2)no1. The molecule has 1 aliphatic rings. The van der Waals surface area contributed by atoms with Gasteiger partial charge in [-0.2, -0.15) is 4.98 Å². The molecule has 3 aromatic rings. The first-order chi connectivity index (χ1) is 11.7. The van der Waals surface area contributed by atoms with Crippen molar-refractivity contribution in [3.05, 3.63) is 41.8 Å². The van der Waals surface area contributed by atoms with Gasteiger partial charge in [-0.3, -0.25) is 4.90 Å². The molecule has 1 aliphatic heterocycles. The normalized spacial score (nSPS) is 19.2. The minimum Gasteiger partial charge on any atom is -0.339 e. The van der Waals surface area contributed by atoms with E-state index in [4.69, 9.17) is 9.51 Å². The van der Waals surface area contributed by atoms with Gasteiger partial charge in [-0.15, -0.1) is 0 Å². The van der Waals surface area contributed by atoms with E-state index in [0.29, 0.717) is 11.8 Å². The van der Waals surface area contributed by atoms with E-state index in [1.807, 2.05) is 13.0 Å². The molecule has 2 aromatic heterocycles. The number of para-hydroxylation sites is 2. The van der Waals surface area contributed by atoms with Crippen molar-refractivity contribution in [2.45, 2.75) is 38.6 Å². The van der Waals surface area contributed by atoms with Gasteiger partial charge in [0.2, 0.25) is 5.89 Å². The van der Waals surface area contributed by atoms with E-state index < -0.39 is 0 Å². The minimum atomic E-state index is 0.452. The molecule has 24 heavy (non-hydrogen) atoms. The predicted octanol–water partition coefficient (Wildman–Crippen LogP) is 2.90. The molecule has 3 heterocycles. The first-order valence-electron chi connectivity index (χ1n) is 8.69. The van der Waals surface area contributed by atoms with Crippen LogP contribution >= 0.6 is 0 Å². The molecule has 1 atom stereocenters. The Labute approximate surface area is 141 Å². The zero-order valence-corrected chi connectivity index (χ0v) is 14.3. The molecule has 0 saturated carbocycles. The first kappa shape index (κ1) is 15.3. The Morgan fingerprint density at radius 2 is 2.12 bits per heavy atom. The number of benzene rings is 1. The summed E-state index contributed by atoms with van der Waals surface area (Å²) < 4.78 is 7.46. The lowest BCUT2D eigenvalue weighted by Crippen LogP contribution is -2.35. The number of rotatable bonds is 4. The molecule has 1 saturated heterocycles. The van der Waals surface area contributed by atoms with Crippen LogP contribution in [0.5, 0.6) is 0 Å². The van der Waals surface area contributed by atoms with Gasteiger partial charge in [0.15, 0.2) is 5.82 Å². The number of aryl methyl sites for hydroxylation is 2. The van der Waals surface area contributed by atoms with Crippen molar-refractivity contribution < 1.29 is 4.52 Å². The lowest BCUT2D eigenvalue weighted by atomic mass is 9.97. The van der Waals surface area contributed by atoms with Crippen LogP contribution in [0.2, 0.25) is 0 Å². The van der Waals surface area contributed by atoms with E-state index in [1.165, 1.54) is 24.2 Å². The fourth-order valence-corrected chi connectivity index (χ4v) is 3.64. The molecule has 1 fully saturated rings. The Morgan fingerprint density at radius 1 is 1.25 bits per heavy atom. The summed E-state index contributed by atoms with van der Waals surface area (Å²) in [6, 6.07) is 8.35. The maximum atomic E-state index is 5.22. The number of aromatic nitrogens is 4. The summed E-state index contributed by atoms with van der Waals surface area (Å²) in [6.07, 6.45) is 3.14. The molecule has 6 heteroatoms. The van der Waals surface area contributed by atoms with Crippen molar-refractivity contribution in [2.75, 3.05) is 13.1 Å². The Balaban J connectivity index is 1.52. The van der Waals surface area contributed by atoms with Crippen molar-refractivity contribution in [1.82, 2.24) is 24.6 Å². The fraction of sp³-hybridized carbons (Fsp3) is 0.500. The second-order valence-electron chi connectivity index (χ2n) is 6.55. The quantitative estimate of drug-likeness (QED) is 0.738. The smallest absolute Gasteiger partial charge is 0.226 e. The van der Waals surface area contributed by atoms with Crippen molar-refractivity contribution in [2.24, 2.45) is 7.05 Å². The van der Waals surface area contributed by atoms with Crippen LogP contribution in [-0.4, -0.2) is 37.7 Å². The van der Waals surface area contributed by atoms with E-state index in [9.17, 15) is 0 Å². The molecule has 0 aliphatic carbocycles. The van der Waals surface area contributed by atoms with E-state index in [-0.39, 0.29) is 0 Å². The Kier molecular flexibility index (Phi) is 4.06. The monoisotopic (exact) mass is 325 g/mol. The van der Waals surface area contributed by atoms with Crippen LogP contribution in [0.3, 0.4) is 0 Å². The summed E-state index contributed by atoms with van der Waals surface area (Å²) in [7, 11) is 2.12. The Bertz CT molecular complexity index is 837. The molecular formula is C18H23N5O. The van der Waals surface area contributed by atoms with Crippen molar-refractivity contribution in [1.29, 1.82) is 0 Å². The summed E-state index contributed by atoms with van der Waals surface area (Å²) in [5.41, 5.74) is 2.29. The summed E-state index contributed by atoms with van der Waals surface area (Å²) in [6.45, 7) is 4.85. The van der Waals surface area contributed by atoms with Gasteiger partial charge in [0, 0.05) is 25.9 Å². The highest BCUT2D eigenvalue weighted by atomic mass is 16.5. The average Bonchev–Trinajstić information content (AvgIpc) is 3.20. The highest BCUT2D eigenvalue weighted by molar-refractivity contribution is 5.75. The molecule has 0 amide bonds. The molecule has 126 valence electrons. The average molecular weight is 325 g/mol. The van der Waals surface area contributed by atoms with E-state index in [2.05, 4.69) is 44.9 Å². The maximum Gasteiger partial charge on any atom is 0.226 e. The highest BCUT2D eigenvalue weighted by Crippen LogP contribution is 2.29. The van der Waals surface area contributed by atoms with Gasteiger partial charge < -0.3 is 9.09 Å². The minimum absolute atomic E-state index is 0.452. The number of hydrogen-bond donors (Lipinski definition) is 0. The molecule has 1 aromatic carbocycles. The third-order valence-corrected chi connectivity index (χ3v) is 4.87. The molecule has 0 bridgehead atoms. The van der Waals surface area contributed by atoms with E-state index in [0.717, 1.165) is 37.4 Å². The zero-order chi connectivity index (χ0) is 16.5. The number of hydrogen-bond acceptors (Lipinski definition) is 5. The third kappa shape index (κ3) is 2.82. The zero-order valence-electron chi connectivity index (χ0n) is 14.3. The molecule has 0 spiro atoms. The van der Waals surface area contributed by atoms with Crippen LogP contribution < -0.4 is 0 Å². The summed E-state index contributed by atoms with van der Waals surface area (Å²) in [5.74, 6) is 3.14. The standard InChI is InChI=1S/C18H23N5O/c1-3-17-20-16(21-24-17)12-23-10-6-7-13(11-23)18-19-14-8-4-5-9-15(14)22(18)2/h4-5,8-9,13H,3,6-7,10-12H2,1-2H3/t13-/m0/s1. The van der Waals surface area contributed by atoms with Crippen LogP contribution in [0.4, 0.5) is 0 Å². The summed E-state index contributed by atoms with van der Waals surface area (Å²) >= 11 is 0. The number of nitrogens with zero attached hydrogens (tertiary/aromatic N) is 5. The molecule has 0 radical (unpaired) electrons. The van der Waals surface area contributed by atoms with Crippen molar-refractivity contribution in [3.63, 3.8) is 0 Å². The maximum absolute atomic E-state index is 5.22. The Hall–Kier alpha value is -2.21. The van der Waals surface area contributed by atoms with Gasteiger partial charge in [0.25, 0.3) is 0 Å². The first-order valence-corrected chi connectivity index (χ1v) is 8.69. The highest BCUT2D eigenvalue weighted by Gasteiger charge is 2.26. The molecule has 6 nitrogen and oxygen atoms in total. The number of piperidine rings is 1. The van der Waals surface area contributed by atoms with Crippen molar-refractivity contribution >= 4 is 11.0 Å². The van der Waals surface area contributed by atoms with Crippen LogP contribution in [0, 0.1) is 0 Å². The van der Waals surface area contributed by atoms with Crippen LogP contribution in [0.25, 0.3) is 11.0 Å². The number of imidazole rings is 1. The second kappa shape index (κ2) is 6.36. The topological polar surface area (TPSA) is 60.0 Å². The number of fused-ring (bicyclic) bond motifs is 1. The van der Waals surface area contributed by atoms with Gasteiger partial charge in [0.05, 0.1) is 17.6 Å². The molecular weight excluding hydrogens is 302 g/mol. The largest absolute Gasteiger partial charge is 0.339 e. The number of likely N-dealkylation sites (tertiary alicyclic amines) is 1. The lowest BCUT2D eigenvalue weighted by molar-refractivity contribution is 0.189. The second-order valence-corrected chi connectivity index (χ2v) is 6.55. The molecule has 0 N–H and O–H groups in total. The van der Waals surface area contributed by atoms with Gasteiger partial charge >= 0.3 is 0 Å². The summed E-state index contributed by atoms with van der Waals surface area (Å²) in [5, 5.41) is 4.08. The lowest BCUT2D eigenvalue weighted by Gasteiger charge is -2.31. The van der Waals surface area contributed by atoms with Crippen molar-refractivity contribution in [3.8, 4) is 0 Å².